The van der Waals surface area contributed by atoms with Crippen molar-refractivity contribution in [3.05, 3.63) is 35.1 Å². The predicted molar refractivity (Wildman–Crippen MR) is 66.7 cm³/mol. The molecule has 0 spiro atoms. The van der Waals surface area contributed by atoms with Crippen LogP contribution in [0.3, 0.4) is 0 Å². The van der Waals surface area contributed by atoms with Crippen LogP contribution in [0.5, 0.6) is 0 Å². The summed E-state index contributed by atoms with van der Waals surface area (Å²) in [6.07, 6.45) is 2.42. The second-order valence-electron chi connectivity index (χ2n) is 4.20. The smallest absolute Gasteiger partial charge is 0.123 e. The summed E-state index contributed by atoms with van der Waals surface area (Å²) in [4.78, 5) is 0. The summed E-state index contributed by atoms with van der Waals surface area (Å²) in [5, 5.41) is 0.508. The lowest BCUT2D eigenvalue weighted by molar-refractivity contribution is 0.516. The van der Waals surface area contributed by atoms with Crippen LogP contribution in [0.1, 0.15) is 30.0 Å². The van der Waals surface area contributed by atoms with E-state index in [1.54, 1.807) is 6.07 Å². The zero-order chi connectivity index (χ0) is 11.5. The minimum Gasteiger partial charge on any atom is -0.271 e. The van der Waals surface area contributed by atoms with Crippen molar-refractivity contribution >= 4 is 11.8 Å². The van der Waals surface area contributed by atoms with Crippen molar-refractivity contribution in [1.82, 2.24) is 5.43 Å². The number of halogens is 1. The lowest BCUT2D eigenvalue weighted by Gasteiger charge is -2.24. The number of hydrogen-bond acceptors (Lipinski definition) is 3. The van der Waals surface area contributed by atoms with Crippen LogP contribution in [-0.4, -0.2) is 11.0 Å². The van der Waals surface area contributed by atoms with Crippen molar-refractivity contribution in [2.45, 2.75) is 31.1 Å². The van der Waals surface area contributed by atoms with Crippen LogP contribution >= 0.6 is 11.8 Å². The second kappa shape index (κ2) is 5.17. The van der Waals surface area contributed by atoms with E-state index in [0.717, 1.165) is 11.1 Å². The number of nitrogens with two attached hydrogens (primary N) is 1. The number of hydrogen-bond donors (Lipinski definition) is 2. The molecule has 1 heterocycles. The summed E-state index contributed by atoms with van der Waals surface area (Å²) >= 11 is 1.95. The molecule has 88 valence electrons. The molecule has 3 N–H and O–H groups in total. The highest BCUT2D eigenvalue weighted by atomic mass is 32.2. The molecule has 0 radical (unpaired) electrons. The molecule has 2 rings (SSSR count). The minimum atomic E-state index is -0.184. The van der Waals surface area contributed by atoms with Gasteiger partial charge in [-0.3, -0.25) is 11.3 Å². The molecule has 4 heteroatoms. The Morgan fingerprint density at radius 3 is 2.94 bits per heavy atom. The molecule has 0 aromatic heterocycles. The fourth-order valence-electron chi connectivity index (χ4n) is 2.25. The average Bonchev–Trinajstić information content (AvgIpc) is 2.75. The van der Waals surface area contributed by atoms with Crippen LogP contribution < -0.4 is 11.3 Å². The Morgan fingerprint density at radius 2 is 2.38 bits per heavy atom. The largest absolute Gasteiger partial charge is 0.271 e. The van der Waals surface area contributed by atoms with E-state index < -0.39 is 0 Å². The molecular weight excluding hydrogens is 223 g/mol. The molecule has 2 nitrogen and oxygen atoms in total. The summed E-state index contributed by atoms with van der Waals surface area (Å²) in [5.41, 5.74) is 4.96. The van der Waals surface area contributed by atoms with Crippen LogP contribution in [0.25, 0.3) is 0 Å². The molecule has 1 aromatic rings. The molecule has 1 aliphatic rings. The molecule has 0 saturated carbocycles. The van der Waals surface area contributed by atoms with Gasteiger partial charge >= 0.3 is 0 Å². The number of benzene rings is 1. The molecule has 1 saturated heterocycles. The highest BCUT2D eigenvalue weighted by Gasteiger charge is 2.27. The Balaban J connectivity index is 2.25. The van der Waals surface area contributed by atoms with E-state index in [-0.39, 0.29) is 11.9 Å². The Bertz CT molecular complexity index is 364. The van der Waals surface area contributed by atoms with Gasteiger partial charge in [0.05, 0.1) is 6.04 Å². The predicted octanol–water partition coefficient (Wildman–Crippen LogP) is 2.53. The standard InChI is InChI=1S/C12H17FN2S/c1-8-7-9(13)4-5-10(8)12(15-14)11-3-2-6-16-11/h4-5,7,11-12,15H,2-3,6,14H2,1H3. The van der Waals surface area contributed by atoms with Gasteiger partial charge in [-0.1, -0.05) is 6.07 Å². The van der Waals surface area contributed by atoms with E-state index in [9.17, 15) is 4.39 Å². The number of aryl methyl sites for hydroxylation is 1. The van der Waals surface area contributed by atoms with Crippen LogP contribution in [-0.2, 0) is 0 Å². The Labute approximate surface area is 99.8 Å². The van der Waals surface area contributed by atoms with Crippen molar-refractivity contribution < 1.29 is 4.39 Å². The van der Waals surface area contributed by atoms with Gasteiger partial charge in [0.1, 0.15) is 5.82 Å². The fraction of sp³-hybridized carbons (Fsp3) is 0.500. The van der Waals surface area contributed by atoms with Gasteiger partial charge in [-0.05, 0) is 48.8 Å². The molecule has 2 unspecified atom stereocenters. The summed E-state index contributed by atoms with van der Waals surface area (Å²) in [6.45, 7) is 1.93. The van der Waals surface area contributed by atoms with Crippen molar-refractivity contribution in [3.63, 3.8) is 0 Å². The first kappa shape index (κ1) is 11.9. The van der Waals surface area contributed by atoms with Crippen LogP contribution in [0, 0.1) is 12.7 Å². The zero-order valence-electron chi connectivity index (χ0n) is 9.37. The maximum Gasteiger partial charge on any atom is 0.123 e. The number of thioether (sulfide) groups is 1. The third kappa shape index (κ3) is 2.39. The molecule has 1 aliphatic heterocycles. The van der Waals surface area contributed by atoms with Crippen LogP contribution in [0.15, 0.2) is 18.2 Å². The topological polar surface area (TPSA) is 38.0 Å². The summed E-state index contributed by atoms with van der Waals surface area (Å²) < 4.78 is 13.0. The number of rotatable bonds is 3. The molecule has 2 atom stereocenters. The second-order valence-corrected chi connectivity index (χ2v) is 5.54. The van der Waals surface area contributed by atoms with E-state index in [2.05, 4.69) is 5.43 Å². The molecule has 0 amide bonds. The third-order valence-electron chi connectivity index (χ3n) is 3.08. The van der Waals surface area contributed by atoms with E-state index in [4.69, 9.17) is 5.84 Å². The molecule has 0 bridgehead atoms. The average molecular weight is 240 g/mol. The Kier molecular flexibility index (Phi) is 3.84. The van der Waals surface area contributed by atoms with Crippen LogP contribution in [0.4, 0.5) is 4.39 Å². The Morgan fingerprint density at radius 1 is 1.56 bits per heavy atom. The Hall–Kier alpha value is -0.580. The molecule has 1 fully saturated rings. The van der Waals surface area contributed by atoms with Gasteiger partial charge < -0.3 is 0 Å². The van der Waals surface area contributed by atoms with Gasteiger partial charge in [0.2, 0.25) is 0 Å². The van der Waals surface area contributed by atoms with Crippen molar-refractivity contribution in [2.24, 2.45) is 5.84 Å². The van der Waals surface area contributed by atoms with Crippen molar-refractivity contribution in [1.29, 1.82) is 0 Å². The van der Waals surface area contributed by atoms with Crippen molar-refractivity contribution in [3.8, 4) is 0 Å². The van der Waals surface area contributed by atoms with E-state index in [1.807, 2.05) is 24.8 Å². The normalized spacial score (nSPS) is 22.3. The van der Waals surface area contributed by atoms with Gasteiger partial charge in [-0.2, -0.15) is 11.8 Å². The molecule has 16 heavy (non-hydrogen) atoms. The number of hydrazine groups is 1. The van der Waals surface area contributed by atoms with Crippen LogP contribution in [0.2, 0.25) is 0 Å². The van der Waals surface area contributed by atoms with Crippen molar-refractivity contribution in [2.75, 3.05) is 5.75 Å². The lowest BCUT2D eigenvalue weighted by Crippen LogP contribution is -2.34. The monoisotopic (exact) mass is 240 g/mol. The number of nitrogens with one attached hydrogen (secondary N) is 1. The fourth-order valence-corrected chi connectivity index (χ4v) is 3.64. The maximum atomic E-state index is 13.0. The summed E-state index contributed by atoms with van der Waals surface area (Å²) in [6, 6.07) is 5.05. The zero-order valence-corrected chi connectivity index (χ0v) is 10.2. The maximum absolute atomic E-state index is 13.0. The highest BCUT2D eigenvalue weighted by Crippen LogP contribution is 2.36. The van der Waals surface area contributed by atoms with E-state index >= 15 is 0 Å². The first-order chi connectivity index (χ1) is 7.72. The van der Waals surface area contributed by atoms with Gasteiger partial charge in [-0.25, -0.2) is 4.39 Å². The quantitative estimate of drug-likeness (QED) is 0.630. The van der Waals surface area contributed by atoms with E-state index in [1.165, 1.54) is 24.7 Å². The first-order valence-corrected chi connectivity index (χ1v) is 6.61. The SMILES string of the molecule is Cc1cc(F)ccc1C(NN)C1CCCS1. The van der Waals surface area contributed by atoms with Gasteiger partial charge in [0, 0.05) is 5.25 Å². The summed E-state index contributed by atoms with van der Waals surface area (Å²) in [5.74, 6) is 6.65. The first-order valence-electron chi connectivity index (χ1n) is 5.56. The van der Waals surface area contributed by atoms with E-state index in [0.29, 0.717) is 5.25 Å². The lowest BCUT2D eigenvalue weighted by atomic mass is 9.97. The van der Waals surface area contributed by atoms with Gasteiger partial charge in [0.25, 0.3) is 0 Å². The van der Waals surface area contributed by atoms with Gasteiger partial charge in [-0.15, -0.1) is 0 Å². The van der Waals surface area contributed by atoms with Gasteiger partial charge in [0.15, 0.2) is 0 Å². The third-order valence-corrected chi connectivity index (χ3v) is 4.54. The molecule has 1 aromatic carbocycles. The summed E-state index contributed by atoms with van der Waals surface area (Å²) in [7, 11) is 0. The highest BCUT2D eigenvalue weighted by molar-refractivity contribution is 8.00. The molecule has 0 aliphatic carbocycles. The molecular formula is C12H17FN2S. The minimum absolute atomic E-state index is 0.132.